The maximum atomic E-state index is 12.4. The normalized spacial score (nSPS) is 10.8. The average molecular weight is 424 g/mol. The second-order valence-corrected chi connectivity index (χ2v) is 6.59. The quantitative estimate of drug-likeness (QED) is 0.372. The zero-order valence-electron chi connectivity index (χ0n) is 17.8. The van der Waals surface area contributed by atoms with Crippen molar-refractivity contribution in [1.29, 1.82) is 5.26 Å². The summed E-state index contributed by atoms with van der Waals surface area (Å²) in [7, 11) is 3.00. The molecule has 8 heteroatoms. The Bertz CT molecular complexity index is 990. The molecule has 2 rings (SSSR count). The number of hydrogen-bond donors (Lipinski definition) is 1. The molecular weight excluding hydrogens is 400 g/mol. The number of rotatable bonds is 9. The molecule has 162 valence electrons. The SMILES string of the molecule is COc1ccc(NC(=O)/C(C#N)=C\c2ccc(OCC(=O)OC(C)C)c(OC)c2)cc1. The molecule has 31 heavy (non-hydrogen) atoms. The van der Waals surface area contributed by atoms with Gasteiger partial charge in [-0.3, -0.25) is 4.79 Å². The molecule has 0 radical (unpaired) electrons. The number of anilines is 1. The van der Waals surface area contributed by atoms with Gasteiger partial charge in [0.25, 0.3) is 5.91 Å². The predicted octanol–water partition coefficient (Wildman–Crippen LogP) is 3.58. The van der Waals surface area contributed by atoms with Crippen LogP contribution >= 0.6 is 0 Å². The summed E-state index contributed by atoms with van der Waals surface area (Å²) in [4.78, 5) is 24.1. The Labute approximate surface area is 181 Å². The number of ether oxygens (including phenoxy) is 4. The molecule has 0 aliphatic carbocycles. The Morgan fingerprint density at radius 1 is 1.06 bits per heavy atom. The van der Waals surface area contributed by atoms with Crippen LogP contribution in [0.1, 0.15) is 19.4 Å². The highest BCUT2D eigenvalue weighted by atomic mass is 16.6. The molecule has 0 heterocycles. The summed E-state index contributed by atoms with van der Waals surface area (Å²) in [6.07, 6.45) is 1.19. The number of hydrogen-bond acceptors (Lipinski definition) is 7. The van der Waals surface area contributed by atoms with Crippen LogP contribution in [0.5, 0.6) is 17.2 Å². The van der Waals surface area contributed by atoms with E-state index in [0.717, 1.165) is 0 Å². The summed E-state index contributed by atoms with van der Waals surface area (Å²) in [5.41, 5.74) is 0.990. The number of nitriles is 1. The van der Waals surface area contributed by atoms with Crippen molar-refractivity contribution in [2.75, 3.05) is 26.1 Å². The molecule has 0 unspecified atom stereocenters. The van der Waals surface area contributed by atoms with Crippen LogP contribution in [0.3, 0.4) is 0 Å². The Kier molecular flexibility index (Phi) is 8.46. The Balaban J connectivity index is 2.13. The number of amides is 1. The van der Waals surface area contributed by atoms with Gasteiger partial charge < -0.3 is 24.3 Å². The lowest BCUT2D eigenvalue weighted by Crippen LogP contribution is -2.18. The van der Waals surface area contributed by atoms with Crippen LogP contribution in [-0.4, -0.2) is 38.8 Å². The number of nitrogens with zero attached hydrogens (tertiary/aromatic N) is 1. The number of carbonyl (C=O) groups excluding carboxylic acids is 2. The second kappa shape index (κ2) is 11.3. The van der Waals surface area contributed by atoms with Crippen molar-refractivity contribution >= 4 is 23.6 Å². The summed E-state index contributed by atoms with van der Waals surface area (Å²) >= 11 is 0. The first kappa shape index (κ1) is 23.3. The number of methoxy groups -OCH3 is 2. The monoisotopic (exact) mass is 424 g/mol. The van der Waals surface area contributed by atoms with Gasteiger partial charge >= 0.3 is 5.97 Å². The van der Waals surface area contributed by atoms with Gasteiger partial charge in [-0.15, -0.1) is 0 Å². The molecule has 8 nitrogen and oxygen atoms in total. The lowest BCUT2D eigenvalue weighted by atomic mass is 10.1. The molecule has 0 aromatic heterocycles. The predicted molar refractivity (Wildman–Crippen MR) is 115 cm³/mol. The summed E-state index contributed by atoms with van der Waals surface area (Å²) in [6, 6.07) is 13.5. The van der Waals surface area contributed by atoms with Crippen LogP contribution in [0.15, 0.2) is 48.0 Å². The third-order valence-corrected chi connectivity index (χ3v) is 3.92. The molecule has 1 amide bonds. The third kappa shape index (κ3) is 7.08. The van der Waals surface area contributed by atoms with Crippen LogP contribution in [0, 0.1) is 11.3 Å². The summed E-state index contributed by atoms with van der Waals surface area (Å²) in [5.74, 6) is 0.285. The minimum absolute atomic E-state index is 0.0907. The lowest BCUT2D eigenvalue weighted by molar-refractivity contribution is -0.149. The van der Waals surface area contributed by atoms with E-state index in [0.29, 0.717) is 28.5 Å². The van der Waals surface area contributed by atoms with Crippen molar-refractivity contribution < 1.29 is 28.5 Å². The van der Waals surface area contributed by atoms with E-state index in [2.05, 4.69) is 5.32 Å². The van der Waals surface area contributed by atoms with Gasteiger partial charge in [0, 0.05) is 5.69 Å². The minimum atomic E-state index is -0.552. The van der Waals surface area contributed by atoms with Gasteiger partial charge in [-0.1, -0.05) is 6.07 Å². The molecule has 1 N–H and O–H groups in total. The summed E-state index contributed by atoms with van der Waals surface area (Å²) in [6.45, 7) is 3.23. The second-order valence-electron chi connectivity index (χ2n) is 6.59. The molecule has 0 fully saturated rings. The Hall–Kier alpha value is -3.99. The number of carbonyl (C=O) groups is 2. The van der Waals surface area contributed by atoms with Crippen molar-refractivity contribution in [3.63, 3.8) is 0 Å². The summed E-state index contributed by atoms with van der Waals surface area (Å²) in [5, 5.41) is 12.1. The van der Waals surface area contributed by atoms with E-state index in [4.69, 9.17) is 18.9 Å². The Morgan fingerprint density at radius 3 is 2.35 bits per heavy atom. The first-order valence-electron chi connectivity index (χ1n) is 9.43. The van der Waals surface area contributed by atoms with E-state index < -0.39 is 11.9 Å². The van der Waals surface area contributed by atoms with E-state index >= 15 is 0 Å². The fourth-order valence-corrected chi connectivity index (χ4v) is 2.51. The average Bonchev–Trinajstić information content (AvgIpc) is 2.76. The fourth-order valence-electron chi connectivity index (χ4n) is 2.51. The number of nitrogens with one attached hydrogen (secondary N) is 1. The molecule has 0 aliphatic rings. The van der Waals surface area contributed by atoms with Crippen LogP contribution < -0.4 is 19.5 Å². The Morgan fingerprint density at radius 2 is 1.77 bits per heavy atom. The van der Waals surface area contributed by atoms with Crippen LogP contribution in [0.2, 0.25) is 0 Å². The largest absolute Gasteiger partial charge is 0.497 e. The van der Waals surface area contributed by atoms with Crippen molar-refractivity contribution in [1.82, 2.24) is 0 Å². The van der Waals surface area contributed by atoms with E-state index in [1.807, 2.05) is 6.07 Å². The van der Waals surface area contributed by atoms with E-state index in [1.54, 1.807) is 63.4 Å². The molecule has 0 bridgehead atoms. The molecule has 0 saturated heterocycles. The lowest BCUT2D eigenvalue weighted by Gasteiger charge is -2.12. The third-order valence-electron chi connectivity index (χ3n) is 3.92. The smallest absolute Gasteiger partial charge is 0.344 e. The molecule has 0 atom stereocenters. The first-order valence-corrected chi connectivity index (χ1v) is 9.43. The zero-order chi connectivity index (χ0) is 22.8. The molecule has 0 spiro atoms. The maximum Gasteiger partial charge on any atom is 0.344 e. The van der Waals surface area contributed by atoms with Gasteiger partial charge in [-0.25, -0.2) is 4.79 Å². The highest BCUT2D eigenvalue weighted by Gasteiger charge is 2.13. The molecule has 0 saturated carbocycles. The minimum Gasteiger partial charge on any atom is -0.497 e. The standard InChI is InChI=1S/C23H24N2O6/c1-15(2)31-22(26)14-30-20-10-5-16(12-21(20)29-4)11-17(13-24)23(27)25-18-6-8-19(28-3)9-7-18/h5-12,15H,14H2,1-4H3,(H,25,27)/b17-11-. The molecule has 0 aliphatic heterocycles. The van der Waals surface area contributed by atoms with Crippen LogP contribution in [0.4, 0.5) is 5.69 Å². The highest BCUT2D eigenvalue weighted by molar-refractivity contribution is 6.09. The fraction of sp³-hybridized carbons (Fsp3) is 0.261. The van der Waals surface area contributed by atoms with Crippen LogP contribution in [0.25, 0.3) is 6.08 Å². The van der Waals surface area contributed by atoms with Crippen molar-refractivity contribution in [2.45, 2.75) is 20.0 Å². The van der Waals surface area contributed by atoms with Crippen molar-refractivity contribution in [2.24, 2.45) is 0 Å². The summed E-state index contributed by atoms with van der Waals surface area (Å²) < 4.78 is 20.8. The van der Waals surface area contributed by atoms with Crippen molar-refractivity contribution in [3.8, 4) is 23.3 Å². The van der Waals surface area contributed by atoms with Gasteiger partial charge in [-0.2, -0.15) is 5.26 Å². The number of benzene rings is 2. The van der Waals surface area contributed by atoms with Crippen molar-refractivity contribution in [3.05, 3.63) is 53.6 Å². The van der Waals surface area contributed by atoms with E-state index in [-0.39, 0.29) is 18.3 Å². The molecular formula is C23H24N2O6. The van der Waals surface area contributed by atoms with Crippen LogP contribution in [-0.2, 0) is 14.3 Å². The van der Waals surface area contributed by atoms with E-state index in [1.165, 1.54) is 13.2 Å². The van der Waals surface area contributed by atoms with Gasteiger partial charge in [0.1, 0.15) is 17.4 Å². The topological polar surface area (TPSA) is 107 Å². The van der Waals surface area contributed by atoms with Gasteiger partial charge in [-0.05, 0) is 61.9 Å². The van der Waals surface area contributed by atoms with E-state index in [9.17, 15) is 14.9 Å². The molecule has 2 aromatic rings. The van der Waals surface area contributed by atoms with Gasteiger partial charge in [0.2, 0.25) is 0 Å². The van der Waals surface area contributed by atoms with Gasteiger partial charge in [0.15, 0.2) is 18.1 Å². The maximum absolute atomic E-state index is 12.4. The zero-order valence-corrected chi connectivity index (χ0v) is 17.8. The number of esters is 1. The first-order chi connectivity index (χ1) is 14.9. The van der Waals surface area contributed by atoms with Gasteiger partial charge in [0.05, 0.1) is 20.3 Å². The molecule has 2 aromatic carbocycles. The highest BCUT2D eigenvalue weighted by Crippen LogP contribution is 2.29.